The molecule has 0 unspecified atom stereocenters. The molecule has 0 N–H and O–H groups in total. The van der Waals surface area contributed by atoms with E-state index in [1.54, 1.807) is 0 Å². The highest BCUT2D eigenvalue weighted by atomic mass is 16.2. The number of hydrogen-bond donors (Lipinski definition) is 0. The van der Waals surface area contributed by atoms with Gasteiger partial charge in [-0.3, -0.25) is 14.3 Å². The maximum absolute atomic E-state index is 12.7. The molecule has 1 aromatic carbocycles. The Hall–Kier alpha value is -1.87. The van der Waals surface area contributed by atoms with E-state index in [0.29, 0.717) is 12.5 Å². The van der Waals surface area contributed by atoms with Gasteiger partial charge in [0.1, 0.15) is 0 Å². The number of allylic oxidation sites excluding steroid dienone is 1. The number of carbonyl (C=O) groups excluding carboxylic acids is 1. The van der Waals surface area contributed by atoms with Gasteiger partial charge in [-0.1, -0.05) is 24.3 Å². The van der Waals surface area contributed by atoms with E-state index in [0.717, 1.165) is 31.4 Å². The molecule has 1 aliphatic rings. The minimum Gasteiger partial charge on any atom is -0.295 e. The van der Waals surface area contributed by atoms with Crippen molar-refractivity contribution in [3.05, 3.63) is 48.2 Å². The summed E-state index contributed by atoms with van der Waals surface area (Å²) in [4.78, 5) is 15.2. The van der Waals surface area contributed by atoms with E-state index in [-0.39, 0.29) is 5.91 Å². The van der Waals surface area contributed by atoms with Crippen LogP contribution in [0.4, 0.5) is 0 Å². The van der Waals surface area contributed by atoms with Gasteiger partial charge in [-0.05, 0) is 38.3 Å². The lowest BCUT2D eigenvalue weighted by atomic mass is 10.0. The molecule has 116 valence electrons. The van der Waals surface area contributed by atoms with E-state index in [9.17, 15) is 4.79 Å². The van der Waals surface area contributed by atoms with Gasteiger partial charge in [0.2, 0.25) is 5.91 Å². The fourth-order valence-corrected chi connectivity index (χ4v) is 3.39. The molecule has 0 aliphatic carbocycles. The van der Waals surface area contributed by atoms with E-state index in [1.165, 1.54) is 16.6 Å². The highest BCUT2D eigenvalue weighted by molar-refractivity contribution is 5.96. The predicted molar refractivity (Wildman–Crippen MR) is 91.2 cm³/mol. The van der Waals surface area contributed by atoms with Gasteiger partial charge in [0.25, 0.3) is 0 Å². The van der Waals surface area contributed by atoms with Crippen LogP contribution in [0.25, 0.3) is 10.9 Å². The molecule has 22 heavy (non-hydrogen) atoms. The number of rotatable bonds is 4. The van der Waals surface area contributed by atoms with Gasteiger partial charge in [0, 0.05) is 36.6 Å². The van der Waals surface area contributed by atoms with Crippen molar-refractivity contribution >= 4 is 16.8 Å². The first-order valence-electron chi connectivity index (χ1n) is 8.12. The molecule has 0 saturated carbocycles. The second-order valence-electron chi connectivity index (χ2n) is 6.31. The zero-order chi connectivity index (χ0) is 15.7. The number of para-hydroxylation sites is 1. The molecule has 0 fully saturated rings. The molecule has 3 heteroatoms. The molecular weight excluding hydrogens is 272 g/mol. The Morgan fingerprint density at radius 1 is 1.36 bits per heavy atom. The monoisotopic (exact) mass is 296 g/mol. The Bertz CT molecular complexity index is 712. The average Bonchev–Trinajstić information content (AvgIpc) is 2.86. The topological polar surface area (TPSA) is 25.2 Å². The number of aromatic nitrogens is 1. The van der Waals surface area contributed by atoms with Gasteiger partial charge < -0.3 is 0 Å². The molecule has 3 rings (SSSR count). The number of fused-ring (bicyclic) bond motifs is 3. The van der Waals surface area contributed by atoms with Crippen molar-refractivity contribution in [2.75, 3.05) is 6.54 Å². The summed E-state index contributed by atoms with van der Waals surface area (Å²) < 4.78 is 1.96. The van der Waals surface area contributed by atoms with Gasteiger partial charge in [0.15, 0.2) is 0 Å². The minimum absolute atomic E-state index is 0.183. The summed E-state index contributed by atoms with van der Waals surface area (Å²) in [7, 11) is 0. The zero-order valence-electron chi connectivity index (χ0n) is 13.5. The lowest BCUT2D eigenvalue weighted by Gasteiger charge is -2.31. The summed E-state index contributed by atoms with van der Waals surface area (Å²) >= 11 is 0. The Morgan fingerprint density at radius 3 is 2.86 bits per heavy atom. The van der Waals surface area contributed by atoms with Crippen LogP contribution in [0.2, 0.25) is 0 Å². The summed E-state index contributed by atoms with van der Waals surface area (Å²) in [5.41, 5.74) is 3.61. The van der Waals surface area contributed by atoms with Gasteiger partial charge in [-0.2, -0.15) is 0 Å². The predicted octanol–water partition coefficient (Wildman–Crippen LogP) is 4.01. The van der Waals surface area contributed by atoms with Crippen molar-refractivity contribution < 1.29 is 4.79 Å². The SMILES string of the molecule is C=CCCC(=O)n1c2c(c3ccccc31)CCN(C(C)C)C2. The third-order valence-electron chi connectivity index (χ3n) is 4.63. The van der Waals surface area contributed by atoms with Crippen molar-refractivity contribution in [2.24, 2.45) is 0 Å². The molecule has 0 atom stereocenters. The lowest BCUT2D eigenvalue weighted by Crippen LogP contribution is -2.37. The molecule has 1 aliphatic heterocycles. The molecular formula is C19H24N2O. The van der Waals surface area contributed by atoms with Crippen LogP contribution in [0.1, 0.15) is 42.7 Å². The second-order valence-corrected chi connectivity index (χ2v) is 6.31. The van der Waals surface area contributed by atoms with Gasteiger partial charge in [-0.15, -0.1) is 6.58 Å². The zero-order valence-corrected chi connectivity index (χ0v) is 13.5. The normalized spacial score (nSPS) is 15.2. The van der Waals surface area contributed by atoms with Crippen molar-refractivity contribution in [1.82, 2.24) is 9.47 Å². The molecule has 0 spiro atoms. The largest absolute Gasteiger partial charge is 0.295 e. The number of nitrogens with zero attached hydrogens (tertiary/aromatic N) is 2. The van der Waals surface area contributed by atoms with Crippen LogP contribution in [-0.4, -0.2) is 28.0 Å². The second kappa shape index (κ2) is 6.09. The van der Waals surface area contributed by atoms with E-state index < -0.39 is 0 Å². The molecule has 3 nitrogen and oxygen atoms in total. The molecule has 2 aromatic rings. The van der Waals surface area contributed by atoms with Crippen molar-refractivity contribution in [3.8, 4) is 0 Å². The van der Waals surface area contributed by atoms with Crippen LogP contribution in [0.5, 0.6) is 0 Å². The van der Waals surface area contributed by atoms with Crippen LogP contribution >= 0.6 is 0 Å². The Labute approximate surface area is 132 Å². The summed E-state index contributed by atoms with van der Waals surface area (Å²) in [6, 6.07) is 8.81. The first-order chi connectivity index (χ1) is 10.6. The van der Waals surface area contributed by atoms with Crippen LogP contribution < -0.4 is 0 Å². The third kappa shape index (κ3) is 2.50. The van der Waals surface area contributed by atoms with E-state index >= 15 is 0 Å². The van der Waals surface area contributed by atoms with Crippen LogP contribution in [0.15, 0.2) is 36.9 Å². The number of benzene rings is 1. The molecule has 2 heterocycles. The summed E-state index contributed by atoms with van der Waals surface area (Å²) in [6.45, 7) is 10.1. The fourth-order valence-electron chi connectivity index (χ4n) is 3.39. The van der Waals surface area contributed by atoms with E-state index in [2.05, 4.69) is 43.5 Å². The van der Waals surface area contributed by atoms with Gasteiger partial charge >= 0.3 is 0 Å². The third-order valence-corrected chi connectivity index (χ3v) is 4.63. The minimum atomic E-state index is 0.183. The van der Waals surface area contributed by atoms with Crippen LogP contribution in [0, 0.1) is 0 Å². The first-order valence-corrected chi connectivity index (χ1v) is 8.12. The maximum atomic E-state index is 12.7. The Balaban J connectivity index is 2.11. The van der Waals surface area contributed by atoms with Crippen LogP contribution in [-0.2, 0) is 13.0 Å². The van der Waals surface area contributed by atoms with Crippen LogP contribution in [0.3, 0.4) is 0 Å². The molecule has 1 aromatic heterocycles. The maximum Gasteiger partial charge on any atom is 0.231 e. The molecule has 0 saturated heterocycles. The fraction of sp³-hybridized carbons (Fsp3) is 0.421. The smallest absolute Gasteiger partial charge is 0.231 e. The van der Waals surface area contributed by atoms with Crippen molar-refractivity contribution in [1.29, 1.82) is 0 Å². The van der Waals surface area contributed by atoms with Gasteiger partial charge in [0.05, 0.1) is 5.52 Å². The summed E-state index contributed by atoms with van der Waals surface area (Å²) in [5, 5.41) is 1.24. The summed E-state index contributed by atoms with van der Waals surface area (Å²) in [5.74, 6) is 0.183. The van der Waals surface area contributed by atoms with E-state index in [1.807, 2.05) is 16.7 Å². The summed E-state index contributed by atoms with van der Waals surface area (Å²) in [6.07, 6.45) is 4.09. The van der Waals surface area contributed by atoms with E-state index in [4.69, 9.17) is 0 Å². The first kappa shape index (κ1) is 15.0. The average molecular weight is 296 g/mol. The highest BCUT2D eigenvalue weighted by Crippen LogP contribution is 2.31. The quantitative estimate of drug-likeness (QED) is 0.796. The van der Waals surface area contributed by atoms with Gasteiger partial charge in [-0.25, -0.2) is 0 Å². The molecule has 0 amide bonds. The standard InChI is InChI=1S/C19H24N2O/c1-4-5-10-19(22)21-17-9-7-6-8-15(17)16-11-12-20(14(2)3)13-18(16)21/h4,6-9,14H,1,5,10-13H2,2-3H3. The van der Waals surface area contributed by atoms with Crippen molar-refractivity contribution in [2.45, 2.75) is 45.7 Å². The number of carbonyl (C=O) groups is 1. The molecule has 0 radical (unpaired) electrons. The Kier molecular flexibility index (Phi) is 4.16. The highest BCUT2D eigenvalue weighted by Gasteiger charge is 2.27. The molecule has 0 bridgehead atoms. The lowest BCUT2D eigenvalue weighted by molar-refractivity contribution is 0.0898. The van der Waals surface area contributed by atoms with Crippen molar-refractivity contribution in [3.63, 3.8) is 0 Å². The Morgan fingerprint density at radius 2 is 2.14 bits per heavy atom. The number of hydrogen-bond acceptors (Lipinski definition) is 2.